The summed E-state index contributed by atoms with van der Waals surface area (Å²) in [5, 5.41) is 9.08. The van der Waals surface area contributed by atoms with E-state index in [1.54, 1.807) is 12.3 Å². The highest BCUT2D eigenvalue weighted by Crippen LogP contribution is 2.44. The maximum Gasteiger partial charge on any atom is 0.135 e. The van der Waals surface area contributed by atoms with Crippen molar-refractivity contribution in [3.05, 3.63) is 107 Å². The smallest absolute Gasteiger partial charge is 0.135 e. The van der Waals surface area contributed by atoms with Gasteiger partial charge in [0.1, 0.15) is 12.3 Å². The van der Waals surface area contributed by atoms with Gasteiger partial charge in [0, 0.05) is 23.1 Å². The molecule has 4 nitrogen and oxygen atoms in total. The van der Waals surface area contributed by atoms with Gasteiger partial charge in [0.05, 0.1) is 12.3 Å². The number of rotatable bonds is 7. The van der Waals surface area contributed by atoms with E-state index in [0.29, 0.717) is 12.6 Å². The van der Waals surface area contributed by atoms with Gasteiger partial charge in [-0.2, -0.15) is 5.10 Å². The molecular formula is C27H27N3O. The van der Waals surface area contributed by atoms with Gasteiger partial charge in [-0.15, -0.1) is 0 Å². The van der Waals surface area contributed by atoms with Crippen LogP contribution in [0.5, 0.6) is 0 Å². The fourth-order valence-electron chi connectivity index (χ4n) is 4.65. The molecule has 0 unspecified atom stereocenters. The van der Waals surface area contributed by atoms with Gasteiger partial charge in [-0.05, 0) is 30.4 Å². The molecule has 1 heterocycles. The molecule has 0 atom stereocenters. The third-order valence-corrected chi connectivity index (χ3v) is 6.50. The minimum Gasteiger partial charge on any atom is -0.392 e. The Balaban J connectivity index is 1.62. The average Bonchev–Trinajstić information content (AvgIpc) is 3.14. The number of fused-ring (bicyclic) bond motifs is 1. The van der Waals surface area contributed by atoms with Crippen LogP contribution in [0.2, 0.25) is 0 Å². The van der Waals surface area contributed by atoms with Gasteiger partial charge in [0.2, 0.25) is 0 Å². The zero-order chi connectivity index (χ0) is 21.1. The molecule has 2 aliphatic rings. The third kappa shape index (κ3) is 3.52. The molecule has 0 spiro atoms. The Hall–Kier alpha value is -3.40. The lowest BCUT2D eigenvalue weighted by molar-refractivity contribution is 0.176. The van der Waals surface area contributed by atoms with Crippen molar-refractivity contribution in [2.45, 2.75) is 37.1 Å². The zero-order valence-electron chi connectivity index (χ0n) is 17.7. The first-order valence-corrected chi connectivity index (χ1v) is 11.0. The highest BCUT2D eigenvalue weighted by Gasteiger charge is 2.38. The van der Waals surface area contributed by atoms with E-state index in [-0.39, 0.29) is 5.41 Å². The second kappa shape index (κ2) is 8.38. The molecule has 0 aliphatic heterocycles. The van der Waals surface area contributed by atoms with Gasteiger partial charge >= 0.3 is 0 Å². The van der Waals surface area contributed by atoms with Gasteiger partial charge in [-0.3, -0.25) is 4.68 Å². The van der Waals surface area contributed by atoms with Crippen molar-refractivity contribution in [1.29, 1.82) is 0 Å². The summed E-state index contributed by atoms with van der Waals surface area (Å²) in [6.45, 7) is 4.06. The van der Waals surface area contributed by atoms with E-state index in [9.17, 15) is 0 Å². The fraction of sp³-hybridized carbons (Fsp3) is 0.259. The lowest BCUT2D eigenvalue weighted by Gasteiger charge is -2.36. The lowest BCUT2D eigenvalue weighted by Crippen LogP contribution is -2.32. The molecule has 0 bridgehead atoms. The first kappa shape index (κ1) is 19.6. The Morgan fingerprint density at radius 1 is 1.06 bits per heavy atom. The molecule has 3 aromatic rings. The van der Waals surface area contributed by atoms with Crippen molar-refractivity contribution < 1.29 is 4.84 Å². The Kier molecular flexibility index (Phi) is 5.29. The van der Waals surface area contributed by atoms with Crippen LogP contribution in [0.15, 0.2) is 84.6 Å². The van der Waals surface area contributed by atoms with Crippen molar-refractivity contribution >= 4 is 12.3 Å². The van der Waals surface area contributed by atoms with Crippen molar-refractivity contribution in [2.24, 2.45) is 5.16 Å². The van der Waals surface area contributed by atoms with E-state index in [1.165, 1.54) is 36.1 Å². The molecule has 2 aliphatic carbocycles. The summed E-state index contributed by atoms with van der Waals surface area (Å²) < 4.78 is 2.26. The molecular weight excluding hydrogens is 382 g/mol. The number of benzene rings is 2. The summed E-state index contributed by atoms with van der Waals surface area (Å²) in [5.41, 5.74) is 5.69. The normalized spacial score (nSPS) is 17.3. The maximum absolute atomic E-state index is 5.25. The van der Waals surface area contributed by atoms with Crippen molar-refractivity contribution in [2.75, 3.05) is 6.61 Å². The van der Waals surface area contributed by atoms with Crippen molar-refractivity contribution in [3.63, 3.8) is 0 Å². The quantitative estimate of drug-likeness (QED) is 0.217. The van der Waals surface area contributed by atoms with Crippen molar-refractivity contribution in [1.82, 2.24) is 9.78 Å². The molecule has 5 rings (SSSR count). The highest BCUT2D eigenvalue weighted by molar-refractivity contribution is 5.84. The molecule has 4 heteroatoms. The molecule has 0 radical (unpaired) electrons. The Bertz CT molecular complexity index is 1070. The third-order valence-electron chi connectivity index (χ3n) is 6.50. The van der Waals surface area contributed by atoms with Crippen LogP contribution in [0, 0.1) is 0 Å². The van der Waals surface area contributed by atoms with Gasteiger partial charge in [0.15, 0.2) is 0 Å². The van der Waals surface area contributed by atoms with Crippen LogP contribution >= 0.6 is 0 Å². The summed E-state index contributed by atoms with van der Waals surface area (Å²) in [6, 6.07) is 22.1. The van der Waals surface area contributed by atoms with E-state index in [0.717, 1.165) is 17.7 Å². The molecule has 0 amide bonds. The molecule has 1 fully saturated rings. The maximum atomic E-state index is 5.25. The summed E-state index contributed by atoms with van der Waals surface area (Å²) >= 11 is 0. The molecule has 1 saturated carbocycles. The van der Waals surface area contributed by atoms with Crippen LogP contribution in [-0.4, -0.2) is 22.6 Å². The zero-order valence-corrected chi connectivity index (χ0v) is 17.7. The lowest BCUT2D eigenvalue weighted by atomic mass is 9.68. The van der Waals surface area contributed by atoms with Crippen LogP contribution in [0.3, 0.4) is 0 Å². The topological polar surface area (TPSA) is 39.4 Å². The van der Waals surface area contributed by atoms with Gasteiger partial charge in [-0.1, -0.05) is 90.6 Å². The minimum atomic E-state index is -0.217. The van der Waals surface area contributed by atoms with Crippen LogP contribution in [-0.2, 0) is 16.7 Å². The van der Waals surface area contributed by atoms with E-state index in [2.05, 4.69) is 89.2 Å². The summed E-state index contributed by atoms with van der Waals surface area (Å²) in [7, 11) is 0. The number of nitrogens with zero attached hydrogens (tertiary/aromatic N) is 3. The summed E-state index contributed by atoms with van der Waals surface area (Å²) in [4.78, 5) is 5.25. The fourth-order valence-corrected chi connectivity index (χ4v) is 4.65. The molecule has 156 valence electrons. The first-order chi connectivity index (χ1) is 15.3. The number of hydrogen-bond acceptors (Lipinski definition) is 3. The Morgan fingerprint density at radius 3 is 2.32 bits per heavy atom. The van der Waals surface area contributed by atoms with E-state index >= 15 is 0 Å². The van der Waals surface area contributed by atoms with Crippen LogP contribution in [0.25, 0.3) is 6.08 Å². The highest BCUT2D eigenvalue weighted by atomic mass is 16.6. The molecule has 0 saturated heterocycles. The standard InChI is InChI=1S/C27H27N3O/c1-2-18-31-28-20-25-24-16-17-27(21-10-5-3-6-11-21,22-12-7-4-8-13-22)19-26(24)30(29-25)23-14-9-15-23/h2-8,10-13,16-17,20,23H,1,9,14-15,18-19H2/b28-20+. The summed E-state index contributed by atoms with van der Waals surface area (Å²) in [5.74, 6) is 0. The van der Waals surface area contributed by atoms with Crippen LogP contribution < -0.4 is 0 Å². The molecule has 31 heavy (non-hydrogen) atoms. The van der Waals surface area contributed by atoms with Gasteiger partial charge in [-0.25, -0.2) is 0 Å². The van der Waals surface area contributed by atoms with E-state index in [1.807, 2.05) is 0 Å². The average molecular weight is 410 g/mol. The van der Waals surface area contributed by atoms with Crippen LogP contribution in [0.4, 0.5) is 0 Å². The predicted molar refractivity (Wildman–Crippen MR) is 125 cm³/mol. The second-order valence-electron chi connectivity index (χ2n) is 8.31. The second-order valence-corrected chi connectivity index (χ2v) is 8.31. The minimum absolute atomic E-state index is 0.217. The predicted octanol–water partition coefficient (Wildman–Crippen LogP) is 5.70. The number of allylic oxidation sites excluding steroid dienone is 1. The first-order valence-electron chi connectivity index (χ1n) is 11.0. The number of aromatic nitrogens is 2. The SMILES string of the molecule is C=CCO/N=C/c1nn(C2CCC2)c2c1C=CC(c1ccccc1)(c1ccccc1)C2. The van der Waals surface area contributed by atoms with E-state index in [4.69, 9.17) is 9.94 Å². The van der Waals surface area contributed by atoms with Gasteiger partial charge < -0.3 is 4.84 Å². The monoisotopic (exact) mass is 409 g/mol. The Morgan fingerprint density at radius 2 is 1.74 bits per heavy atom. The van der Waals surface area contributed by atoms with Crippen LogP contribution in [0.1, 0.15) is 53.4 Å². The molecule has 2 aromatic carbocycles. The Labute approximate surface area is 183 Å². The number of hydrogen-bond donors (Lipinski definition) is 0. The largest absolute Gasteiger partial charge is 0.392 e. The summed E-state index contributed by atoms with van der Waals surface area (Å²) in [6.07, 6.45) is 12.5. The van der Waals surface area contributed by atoms with Gasteiger partial charge in [0.25, 0.3) is 0 Å². The van der Waals surface area contributed by atoms with E-state index < -0.39 is 0 Å². The molecule has 0 N–H and O–H groups in total. The molecule has 1 aromatic heterocycles. The number of oxime groups is 1. The van der Waals surface area contributed by atoms with Crippen molar-refractivity contribution in [3.8, 4) is 0 Å².